The topological polar surface area (TPSA) is 92.6 Å². The maximum atomic E-state index is 13.8. The monoisotopic (exact) mass is 369 g/mol. The molecule has 27 heavy (non-hydrogen) atoms. The molecule has 2 heterocycles. The number of pyridine rings is 1. The van der Waals surface area contributed by atoms with Crippen molar-refractivity contribution in [2.24, 2.45) is 0 Å². The van der Waals surface area contributed by atoms with Gasteiger partial charge in [0.2, 0.25) is 5.91 Å². The van der Waals surface area contributed by atoms with Gasteiger partial charge in [0.15, 0.2) is 17.2 Å². The van der Waals surface area contributed by atoms with E-state index >= 15 is 0 Å². The lowest BCUT2D eigenvalue weighted by molar-refractivity contribution is -0.131. The number of rotatable bonds is 5. The number of benzene rings is 1. The molecule has 0 unspecified atom stereocenters. The number of fused-ring (bicyclic) bond motifs is 1. The maximum Gasteiger partial charge on any atom is 0.350 e. The van der Waals surface area contributed by atoms with Gasteiger partial charge < -0.3 is 9.64 Å². The number of methoxy groups -OCH3 is 1. The van der Waals surface area contributed by atoms with E-state index in [-0.39, 0.29) is 24.7 Å². The number of carbonyl (C=O) groups is 1. The van der Waals surface area contributed by atoms with Gasteiger partial charge in [0.25, 0.3) is 0 Å². The van der Waals surface area contributed by atoms with Crippen molar-refractivity contribution in [3.05, 3.63) is 64.0 Å². The summed E-state index contributed by atoms with van der Waals surface area (Å²) in [6.07, 6.45) is 1.37. The summed E-state index contributed by atoms with van der Waals surface area (Å²) in [5.41, 5.74) is 0.727. The van der Waals surface area contributed by atoms with Crippen LogP contribution in [-0.2, 0) is 17.9 Å². The van der Waals surface area contributed by atoms with Gasteiger partial charge in [-0.05, 0) is 29.8 Å². The van der Waals surface area contributed by atoms with Gasteiger partial charge in [-0.1, -0.05) is 6.07 Å². The summed E-state index contributed by atoms with van der Waals surface area (Å²) in [4.78, 5) is 26.1. The van der Waals surface area contributed by atoms with Crippen LogP contribution in [-0.4, -0.2) is 39.1 Å². The molecule has 0 spiro atoms. The lowest BCUT2D eigenvalue weighted by atomic mass is 10.2. The highest BCUT2D eigenvalue weighted by atomic mass is 19.1. The van der Waals surface area contributed by atoms with Crippen molar-refractivity contribution >= 4 is 11.6 Å². The number of ether oxygens (including phenoxy) is 1. The number of halogens is 1. The van der Waals surface area contributed by atoms with Gasteiger partial charge >= 0.3 is 5.69 Å². The van der Waals surface area contributed by atoms with Crippen LogP contribution in [0.4, 0.5) is 4.39 Å². The van der Waals surface area contributed by atoms with Crippen LogP contribution in [0.25, 0.3) is 5.65 Å². The Hall–Kier alpha value is -3.67. The molecule has 0 aliphatic heterocycles. The smallest absolute Gasteiger partial charge is 0.350 e. The van der Waals surface area contributed by atoms with E-state index in [0.717, 1.165) is 4.68 Å². The largest absolute Gasteiger partial charge is 0.494 e. The van der Waals surface area contributed by atoms with Gasteiger partial charge in [-0.3, -0.25) is 4.79 Å². The van der Waals surface area contributed by atoms with Gasteiger partial charge in [0, 0.05) is 19.8 Å². The Morgan fingerprint density at radius 1 is 1.37 bits per heavy atom. The molecule has 0 radical (unpaired) electrons. The fraction of sp³-hybridized carbons (Fsp3) is 0.222. The zero-order valence-corrected chi connectivity index (χ0v) is 14.7. The average Bonchev–Trinajstić information content (AvgIpc) is 2.96. The lowest BCUT2D eigenvalue weighted by Gasteiger charge is -2.17. The van der Waals surface area contributed by atoms with E-state index < -0.39 is 11.5 Å². The highest BCUT2D eigenvalue weighted by Gasteiger charge is 2.15. The molecular formula is C18H16FN5O3. The molecule has 1 aromatic carbocycles. The van der Waals surface area contributed by atoms with Gasteiger partial charge in [-0.15, -0.1) is 5.10 Å². The van der Waals surface area contributed by atoms with Crippen LogP contribution in [0.15, 0.2) is 41.3 Å². The number of aromatic nitrogens is 3. The van der Waals surface area contributed by atoms with Gasteiger partial charge in [0.1, 0.15) is 12.6 Å². The molecule has 3 rings (SSSR count). The predicted octanol–water partition coefficient (Wildman–Crippen LogP) is 1.17. The number of likely N-dealkylation sites (N-methyl/N-ethyl adjacent to an activating group) is 1. The predicted molar refractivity (Wildman–Crippen MR) is 93.6 cm³/mol. The zero-order chi connectivity index (χ0) is 19.6. The molecule has 0 bridgehead atoms. The number of hydrogen-bond donors (Lipinski definition) is 0. The fourth-order valence-corrected chi connectivity index (χ4v) is 2.61. The van der Waals surface area contributed by atoms with Crippen molar-refractivity contribution in [3.8, 4) is 11.8 Å². The molecule has 9 heteroatoms. The third-order valence-electron chi connectivity index (χ3n) is 4.05. The molecule has 3 aromatic rings. The average molecular weight is 369 g/mol. The lowest BCUT2D eigenvalue weighted by Crippen LogP contribution is -2.34. The van der Waals surface area contributed by atoms with Gasteiger partial charge in [0.05, 0.1) is 12.7 Å². The van der Waals surface area contributed by atoms with Crippen molar-refractivity contribution in [3.63, 3.8) is 0 Å². The first-order valence-electron chi connectivity index (χ1n) is 7.98. The SMILES string of the molecule is COc1ccc(CN(C)C(=O)Cn2nc3ccc(C#N)cn3c2=O)cc1F. The zero-order valence-electron chi connectivity index (χ0n) is 14.7. The summed E-state index contributed by atoms with van der Waals surface area (Å²) in [6.45, 7) is -0.0992. The third kappa shape index (κ3) is 3.64. The molecule has 8 nitrogen and oxygen atoms in total. The van der Waals surface area contributed by atoms with Crippen LogP contribution in [0.2, 0.25) is 0 Å². The Balaban J connectivity index is 1.76. The summed E-state index contributed by atoms with van der Waals surface area (Å²) < 4.78 is 20.9. The minimum Gasteiger partial charge on any atom is -0.494 e. The van der Waals surface area contributed by atoms with E-state index in [1.165, 1.54) is 46.9 Å². The number of nitriles is 1. The molecular weight excluding hydrogens is 353 g/mol. The minimum atomic E-state index is -0.514. The second-order valence-electron chi connectivity index (χ2n) is 5.92. The first-order chi connectivity index (χ1) is 12.9. The van der Waals surface area contributed by atoms with Crippen molar-refractivity contribution in [2.75, 3.05) is 14.2 Å². The van der Waals surface area contributed by atoms with Crippen molar-refractivity contribution in [1.29, 1.82) is 5.26 Å². The molecule has 0 fully saturated rings. The normalized spacial score (nSPS) is 10.6. The Morgan fingerprint density at radius 2 is 2.15 bits per heavy atom. The number of carbonyl (C=O) groups excluding carboxylic acids is 1. The van der Waals surface area contributed by atoms with E-state index in [2.05, 4.69) is 5.10 Å². The Bertz CT molecular complexity index is 1110. The van der Waals surface area contributed by atoms with Crippen LogP contribution < -0.4 is 10.4 Å². The summed E-state index contributed by atoms with van der Waals surface area (Å²) in [7, 11) is 2.93. The minimum absolute atomic E-state index is 0.126. The molecule has 0 aliphatic carbocycles. The highest BCUT2D eigenvalue weighted by Crippen LogP contribution is 2.18. The van der Waals surface area contributed by atoms with Crippen LogP contribution >= 0.6 is 0 Å². The van der Waals surface area contributed by atoms with Crippen LogP contribution in [0.1, 0.15) is 11.1 Å². The Kier molecular flexibility index (Phi) is 4.90. The van der Waals surface area contributed by atoms with Crippen LogP contribution in [0.5, 0.6) is 5.75 Å². The third-order valence-corrected chi connectivity index (χ3v) is 4.05. The van der Waals surface area contributed by atoms with Crippen molar-refractivity contribution < 1.29 is 13.9 Å². The second-order valence-corrected chi connectivity index (χ2v) is 5.92. The first kappa shape index (κ1) is 18.1. The summed E-state index contributed by atoms with van der Waals surface area (Å²) in [5, 5.41) is 13.0. The number of hydrogen-bond acceptors (Lipinski definition) is 5. The standard InChI is InChI=1S/C18H16FN5O3/c1-22(9-12-3-5-15(27-2)14(19)7-12)17(25)11-24-18(26)23-10-13(8-20)4-6-16(23)21-24/h3-7,10H,9,11H2,1-2H3. The molecule has 0 N–H and O–H groups in total. The van der Waals surface area contributed by atoms with Crippen molar-refractivity contribution in [2.45, 2.75) is 13.1 Å². The fourth-order valence-electron chi connectivity index (χ4n) is 2.61. The van der Waals surface area contributed by atoms with E-state index in [9.17, 15) is 14.0 Å². The quantitative estimate of drug-likeness (QED) is 0.673. The molecule has 2 aromatic heterocycles. The van der Waals surface area contributed by atoms with E-state index in [1.54, 1.807) is 13.1 Å². The van der Waals surface area contributed by atoms with Crippen LogP contribution in [0, 0.1) is 17.1 Å². The Labute approximate surface area is 153 Å². The Morgan fingerprint density at radius 3 is 2.81 bits per heavy atom. The first-order valence-corrected chi connectivity index (χ1v) is 7.98. The second kappa shape index (κ2) is 7.29. The van der Waals surface area contributed by atoms with Gasteiger partial charge in [-0.25, -0.2) is 18.3 Å². The van der Waals surface area contributed by atoms with Gasteiger partial charge in [-0.2, -0.15) is 5.26 Å². The maximum absolute atomic E-state index is 13.8. The van der Waals surface area contributed by atoms with E-state index in [0.29, 0.717) is 16.8 Å². The summed E-state index contributed by atoms with van der Waals surface area (Å²) >= 11 is 0. The number of nitrogens with zero attached hydrogens (tertiary/aromatic N) is 5. The molecule has 0 saturated carbocycles. The highest BCUT2D eigenvalue weighted by molar-refractivity contribution is 5.75. The van der Waals surface area contributed by atoms with E-state index in [1.807, 2.05) is 6.07 Å². The van der Waals surface area contributed by atoms with Crippen molar-refractivity contribution in [1.82, 2.24) is 19.1 Å². The summed E-state index contributed by atoms with van der Waals surface area (Å²) in [5.74, 6) is -0.751. The molecule has 0 saturated heterocycles. The summed E-state index contributed by atoms with van der Waals surface area (Å²) in [6, 6.07) is 9.46. The number of amides is 1. The molecule has 138 valence electrons. The van der Waals surface area contributed by atoms with Crippen LogP contribution in [0.3, 0.4) is 0 Å². The molecule has 1 amide bonds. The molecule has 0 atom stereocenters. The molecule has 0 aliphatic rings. The van der Waals surface area contributed by atoms with E-state index in [4.69, 9.17) is 10.00 Å².